The van der Waals surface area contributed by atoms with E-state index in [1.807, 2.05) is 44.2 Å². The first-order chi connectivity index (χ1) is 14.9. The number of carbonyl (C=O) groups excluding carboxylic acids is 2. The van der Waals surface area contributed by atoms with E-state index in [9.17, 15) is 9.59 Å². The molecule has 0 saturated carbocycles. The van der Waals surface area contributed by atoms with Gasteiger partial charge in [0.05, 0.1) is 21.3 Å². The fourth-order valence-electron chi connectivity index (χ4n) is 3.57. The van der Waals surface area contributed by atoms with Gasteiger partial charge in [0, 0.05) is 17.4 Å². The molecule has 1 saturated heterocycles. The lowest BCUT2D eigenvalue weighted by molar-refractivity contribution is -0.125. The molecule has 0 radical (unpaired) electrons. The summed E-state index contributed by atoms with van der Waals surface area (Å²) >= 11 is 1.57. The second-order valence-electron chi connectivity index (χ2n) is 7.40. The van der Waals surface area contributed by atoms with Gasteiger partial charge in [-0.15, -0.1) is 11.8 Å². The Morgan fingerprint density at radius 2 is 1.65 bits per heavy atom. The number of hydrogen-bond acceptors (Lipinski definition) is 6. The van der Waals surface area contributed by atoms with Crippen molar-refractivity contribution < 1.29 is 23.8 Å². The lowest BCUT2D eigenvalue weighted by Crippen LogP contribution is -2.49. The molecule has 166 valence electrons. The molecule has 0 spiro atoms. The number of methoxy groups -OCH3 is 3. The summed E-state index contributed by atoms with van der Waals surface area (Å²) in [4.78, 5) is 28.3. The molecule has 8 heteroatoms. The Hall–Kier alpha value is -2.87. The summed E-state index contributed by atoms with van der Waals surface area (Å²) in [7, 11) is 4.52. The normalized spacial score (nSPS) is 18.1. The first-order valence-corrected chi connectivity index (χ1v) is 11.1. The average Bonchev–Trinajstić information content (AvgIpc) is 3.23. The van der Waals surface area contributed by atoms with Crippen LogP contribution in [0.5, 0.6) is 17.2 Å². The summed E-state index contributed by atoms with van der Waals surface area (Å²) in [6, 6.07) is 12.3. The molecular formula is C23H28N2O5S. The molecule has 2 atom stereocenters. The number of amides is 2. The van der Waals surface area contributed by atoms with Gasteiger partial charge >= 0.3 is 0 Å². The van der Waals surface area contributed by atoms with Crippen molar-refractivity contribution in [1.29, 1.82) is 0 Å². The van der Waals surface area contributed by atoms with Crippen LogP contribution in [0.2, 0.25) is 0 Å². The topological polar surface area (TPSA) is 77.1 Å². The SMILES string of the molecule is COc1cc(C(=O)N2C(C(=O)NC(C)C)CSC2c2ccccc2)cc(OC)c1OC. The van der Waals surface area contributed by atoms with Crippen LogP contribution in [0.15, 0.2) is 42.5 Å². The first-order valence-electron chi connectivity index (χ1n) is 10.0. The van der Waals surface area contributed by atoms with Crippen molar-refractivity contribution in [2.24, 2.45) is 0 Å². The van der Waals surface area contributed by atoms with Crippen LogP contribution in [0.25, 0.3) is 0 Å². The number of nitrogens with zero attached hydrogens (tertiary/aromatic N) is 1. The number of nitrogens with one attached hydrogen (secondary N) is 1. The highest BCUT2D eigenvalue weighted by Crippen LogP contribution is 2.44. The summed E-state index contributed by atoms with van der Waals surface area (Å²) < 4.78 is 16.2. The molecule has 1 N–H and O–H groups in total. The van der Waals surface area contributed by atoms with Crippen LogP contribution in [0, 0.1) is 0 Å². The standard InChI is InChI=1S/C23H28N2O5S/c1-14(2)24-21(26)17-13-31-23(15-9-7-6-8-10-15)25(17)22(27)16-11-18(28-3)20(30-5)19(12-16)29-4/h6-12,14,17,23H,13H2,1-5H3,(H,24,26). The van der Waals surface area contributed by atoms with Gasteiger partial charge in [0.1, 0.15) is 11.4 Å². The zero-order valence-corrected chi connectivity index (χ0v) is 19.2. The van der Waals surface area contributed by atoms with Crippen molar-refractivity contribution >= 4 is 23.6 Å². The van der Waals surface area contributed by atoms with Gasteiger partial charge in [-0.2, -0.15) is 0 Å². The molecule has 2 amide bonds. The fourth-order valence-corrected chi connectivity index (χ4v) is 4.99. The average molecular weight is 445 g/mol. The highest BCUT2D eigenvalue weighted by atomic mass is 32.2. The van der Waals surface area contributed by atoms with Crippen LogP contribution in [0.1, 0.15) is 35.1 Å². The minimum Gasteiger partial charge on any atom is -0.493 e. The highest BCUT2D eigenvalue weighted by Gasteiger charge is 2.43. The number of carbonyl (C=O) groups is 2. The van der Waals surface area contributed by atoms with Gasteiger partial charge in [0.15, 0.2) is 11.5 Å². The predicted molar refractivity (Wildman–Crippen MR) is 121 cm³/mol. The highest BCUT2D eigenvalue weighted by molar-refractivity contribution is 7.99. The first kappa shape index (κ1) is 22.8. The molecule has 31 heavy (non-hydrogen) atoms. The van der Waals surface area contributed by atoms with Crippen molar-refractivity contribution in [2.45, 2.75) is 31.3 Å². The third-order valence-corrected chi connectivity index (χ3v) is 6.29. The van der Waals surface area contributed by atoms with Gasteiger partial charge in [0.2, 0.25) is 11.7 Å². The van der Waals surface area contributed by atoms with E-state index in [1.54, 1.807) is 28.8 Å². The van der Waals surface area contributed by atoms with Gasteiger partial charge in [-0.1, -0.05) is 30.3 Å². The third-order valence-electron chi connectivity index (χ3n) is 4.96. The van der Waals surface area contributed by atoms with Crippen LogP contribution in [0.3, 0.4) is 0 Å². The maximum atomic E-state index is 13.7. The van der Waals surface area contributed by atoms with E-state index in [4.69, 9.17) is 14.2 Å². The molecular weight excluding hydrogens is 416 g/mol. The lowest BCUT2D eigenvalue weighted by Gasteiger charge is -2.30. The van der Waals surface area contributed by atoms with Crippen molar-refractivity contribution in [2.75, 3.05) is 27.1 Å². The molecule has 0 aliphatic carbocycles. The molecule has 1 aliphatic heterocycles. The molecule has 1 fully saturated rings. The minimum atomic E-state index is -0.593. The van der Waals surface area contributed by atoms with Gasteiger partial charge in [-0.25, -0.2) is 0 Å². The third kappa shape index (κ3) is 4.74. The van der Waals surface area contributed by atoms with Crippen molar-refractivity contribution in [3.05, 3.63) is 53.6 Å². The van der Waals surface area contributed by atoms with E-state index in [2.05, 4.69) is 5.32 Å². The lowest BCUT2D eigenvalue weighted by atomic mass is 10.1. The van der Waals surface area contributed by atoms with Crippen LogP contribution < -0.4 is 19.5 Å². The fraction of sp³-hybridized carbons (Fsp3) is 0.391. The summed E-state index contributed by atoms with van der Waals surface area (Å²) in [6.45, 7) is 3.81. The summed E-state index contributed by atoms with van der Waals surface area (Å²) in [5.41, 5.74) is 1.33. The number of hydrogen-bond donors (Lipinski definition) is 1. The van der Waals surface area contributed by atoms with E-state index in [1.165, 1.54) is 21.3 Å². The van der Waals surface area contributed by atoms with Crippen molar-refractivity contribution in [3.63, 3.8) is 0 Å². The Bertz CT molecular complexity index is 910. The van der Waals surface area contributed by atoms with Crippen LogP contribution in [-0.2, 0) is 4.79 Å². The minimum absolute atomic E-state index is 0.0219. The van der Waals surface area contributed by atoms with Gasteiger partial charge in [-0.05, 0) is 31.5 Å². The van der Waals surface area contributed by atoms with E-state index in [-0.39, 0.29) is 23.2 Å². The van der Waals surface area contributed by atoms with E-state index < -0.39 is 6.04 Å². The van der Waals surface area contributed by atoms with Crippen molar-refractivity contribution in [3.8, 4) is 17.2 Å². The Morgan fingerprint density at radius 1 is 1.03 bits per heavy atom. The van der Waals surface area contributed by atoms with Crippen molar-refractivity contribution in [1.82, 2.24) is 10.2 Å². The van der Waals surface area contributed by atoms with E-state index in [0.29, 0.717) is 28.6 Å². The number of thioether (sulfide) groups is 1. The Labute approximate surface area is 187 Å². The Morgan fingerprint density at radius 3 is 2.16 bits per heavy atom. The smallest absolute Gasteiger partial charge is 0.256 e. The largest absolute Gasteiger partial charge is 0.493 e. The molecule has 2 aromatic carbocycles. The van der Waals surface area contributed by atoms with Crippen LogP contribution in [-0.4, -0.2) is 55.9 Å². The summed E-state index contributed by atoms with van der Waals surface area (Å²) in [6.07, 6.45) is 0. The van der Waals surface area contributed by atoms with Crippen LogP contribution in [0.4, 0.5) is 0 Å². The van der Waals surface area contributed by atoms with Gasteiger partial charge in [-0.3, -0.25) is 9.59 Å². The number of ether oxygens (including phenoxy) is 3. The zero-order chi connectivity index (χ0) is 22.5. The van der Waals surface area contributed by atoms with Crippen LogP contribution >= 0.6 is 11.8 Å². The second kappa shape index (κ2) is 9.96. The predicted octanol–water partition coefficient (Wildman–Crippen LogP) is 3.49. The summed E-state index contributed by atoms with van der Waals surface area (Å²) in [5.74, 6) is 1.25. The molecule has 0 aromatic heterocycles. The maximum Gasteiger partial charge on any atom is 0.256 e. The summed E-state index contributed by atoms with van der Waals surface area (Å²) in [5, 5.41) is 2.66. The Balaban J connectivity index is 2.05. The molecule has 1 heterocycles. The zero-order valence-electron chi connectivity index (χ0n) is 18.4. The van der Waals surface area contributed by atoms with E-state index >= 15 is 0 Å². The molecule has 0 bridgehead atoms. The quantitative estimate of drug-likeness (QED) is 0.705. The van der Waals surface area contributed by atoms with E-state index in [0.717, 1.165) is 5.56 Å². The molecule has 1 aliphatic rings. The number of rotatable bonds is 7. The molecule has 2 aromatic rings. The molecule has 7 nitrogen and oxygen atoms in total. The van der Waals surface area contributed by atoms with Gasteiger partial charge in [0.25, 0.3) is 5.91 Å². The second-order valence-corrected chi connectivity index (χ2v) is 8.52. The monoisotopic (exact) mass is 444 g/mol. The molecule has 2 unspecified atom stereocenters. The molecule has 3 rings (SSSR count). The number of benzene rings is 2. The Kier molecular flexibility index (Phi) is 7.33. The maximum absolute atomic E-state index is 13.7. The van der Waals surface area contributed by atoms with Gasteiger partial charge < -0.3 is 24.4 Å².